The summed E-state index contributed by atoms with van der Waals surface area (Å²) >= 11 is 0. The van der Waals surface area contributed by atoms with Crippen LogP contribution in [-0.4, -0.2) is 28.7 Å². The van der Waals surface area contributed by atoms with Gasteiger partial charge in [0.05, 0.1) is 17.5 Å². The Morgan fingerprint density at radius 2 is 0.614 bits per heavy atom. The summed E-state index contributed by atoms with van der Waals surface area (Å²) in [6.45, 7) is 13.1. The Morgan fingerprint density at radius 3 is 0.857 bits per heavy atom. The van der Waals surface area contributed by atoms with Crippen molar-refractivity contribution in [2.45, 2.75) is 80.1 Å². The zero-order chi connectivity index (χ0) is 47.4. The van der Waals surface area contributed by atoms with Crippen LogP contribution in [0.5, 0.6) is 0 Å². The van der Waals surface area contributed by atoms with Gasteiger partial charge in [0, 0.05) is 52.7 Å². The van der Waals surface area contributed by atoms with Gasteiger partial charge in [-0.25, -0.2) is 0 Å². The van der Waals surface area contributed by atoms with Crippen LogP contribution in [0.4, 0.5) is 0 Å². The Labute approximate surface area is 427 Å². The van der Waals surface area contributed by atoms with Crippen molar-refractivity contribution in [3.8, 4) is 51.2 Å². The van der Waals surface area contributed by atoms with Gasteiger partial charge in [0.2, 0.25) is 0 Å². The fraction of sp³-hybridized carbons (Fsp3) is 0.190. The summed E-state index contributed by atoms with van der Waals surface area (Å²) in [6.07, 6.45) is 11.7. The Bertz CT molecular complexity index is 2960. The third kappa shape index (κ3) is 10.2. The molecule has 348 valence electrons. The van der Waals surface area contributed by atoms with Gasteiger partial charge in [-0.1, -0.05) is 72.8 Å². The second kappa shape index (κ2) is 21.2. The molecule has 0 radical (unpaired) electrons. The SMILES string of the molecule is Cc1cccc(C)c1-n1cc(CCc2cc(CCc3cn(-c4c(C)cccc4C)c(-c4[c-]cccc4)n3)cc(CCc3cn(-c4c(C)cccc4C)c(-c4[c-]cccc4)n3)c2)nc1-c1[c-]cccc1.[Ir+3]. The van der Waals surface area contributed by atoms with Crippen LogP contribution in [-0.2, 0) is 58.6 Å². The van der Waals surface area contributed by atoms with Crippen LogP contribution in [0.1, 0.15) is 67.2 Å². The van der Waals surface area contributed by atoms with Gasteiger partial charge in [0.15, 0.2) is 0 Å². The van der Waals surface area contributed by atoms with Crippen molar-refractivity contribution in [3.63, 3.8) is 0 Å². The fourth-order valence-electron chi connectivity index (χ4n) is 9.97. The molecule has 0 N–H and O–H groups in total. The Kier molecular flexibility index (Phi) is 14.5. The van der Waals surface area contributed by atoms with E-state index in [1.165, 1.54) is 67.1 Å². The van der Waals surface area contributed by atoms with Gasteiger partial charge >= 0.3 is 20.1 Å². The van der Waals surface area contributed by atoms with Crippen LogP contribution in [0.25, 0.3) is 51.2 Å². The standard InChI is InChI=1S/C63H57N6.Ir/c1-43-19-16-20-44(2)58(43)67-40-55(64-61(67)52-25-10-7-11-26-52)34-31-49-37-50(32-35-56-41-68(59-45(3)21-17-22-46(59)4)62(65-56)53-27-12-8-13-28-53)39-51(38-49)33-36-57-42-69(60-47(5)23-18-24-48(60)6)63(66-57)54-29-14-9-15-30-54;/h7-25,27,29,37-42H,31-36H2,1-6H3;/q-3;+3. The van der Waals surface area contributed by atoms with E-state index >= 15 is 0 Å². The molecule has 0 aliphatic carbocycles. The van der Waals surface area contributed by atoms with Crippen molar-refractivity contribution in [2.75, 3.05) is 0 Å². The van der Waals surface area contributed by atoms with Gasteiger partial charge in [-0.2, -0.15) is 0 Å². The Hall–Kier alpha value is -7.18. The molecular formula is C63H57IrN6. The van der Waals surface area contributed by atoms with Gasteiger partial charge in [0.25, 0.3) is 0 Å². The van der Waals surface area contributed by atoms with E-state index in [0.29, 0.717) is 0 Å². The van der Waals surface area contributed by atoms with Crippen molar-refractivity contribution in [1.82, 2.24) is 28.7 Å². The second-order valence-electron chi connectivity index (χ2n) is 18.5. The summed E-state index contributed by atoms with van der Waals surface area (Å²) in [4.78, 5) is 15.9. The molecule has 0 spiro atoms. The number of hydrogen-bond acceptors (Lipinski definition) is 3. The van der Waals surface area contributed by atoms with Crippen LogP contribution in [0.2, 0.25) is 0 Å². The number of imidazole rings is 3. The van der Waals surface area contributed by atoms with Crippen LogP contribution >= 0.6 is 0 Å². The summed E-state index contributed by atoms with van der Waals surface area (Å²) in [5, 5.41) is 0. The van der Waals surface area contributed by atoms with Crippen molar-refractivity contribution >= 4 is 0 Å². The number of rotatable bonds is 15. The predicted molar refractivity (Wildman–Crippen MR) is 281 cm³/mol. The van der Waals surface area contributed by atoms with Crippen LogP contribution < -0.4 is 0 Å². The maximum Gasteiger partial charge on any atom is 3.00 e. The maximum absolute atomic E-state index is 5.30. The summed E-state index contributed by atoms with van der Waals surface area (Å²) in [5.41, 5.74) is 20.9. The minimum absolute atomic E-state index is 0. The van der Waals surface area contributed by atoms with E-state index in [0.717, 1.165) is 89.8 Å². The molecule has 3 aromatic heterocycles. The molecule has 0 unspecified atom stereocenters. The average molecular weight is 1090 g/mol. The summed E-state index contributed by atoms with van der Waals surface area (Å²) in [6, 6.07) is 61.4. The molecular weight excluding hydrogens is 1030 g/mol. The zero-order valence-electron chi connectivity index (χ0n) is 40.8. The molecule has 6 nitrogen and oxygen atoms in total. The van der Waals surface area contributed by atoms with Gasteiger partial charge in [-0.3, -0.25) is 15.0 Å². The second-order valence-corrected chi connectivity index (χ2v) is 18.5. The maximum atomic E-state index is 5.30. The van der Waals surface area contributed by atoms with Gasteiger partial charge < -0.3 is 13.7 Å². The number of aryl methyl sites for hydroxylation is 12. The summed E-state index contributed by atoms with van der Waals surface area (Å²) in [7, 11) is 0. The third-order valence-corrected chi connectivity index (χ3v) is 13.3. The van der Waals surface area contributed by atoms with E-state index in [2.05, 4.69) is 201 Å². The first-order valence-corrected chi connectivity index (χ1v) is 24.1. The van der Waals surface area contributed by atoms with Crippen LogP contribution in [0, 0.1) is 59.7 Å². The molecule has 0 amide bonds. The molecule has 0 bridgehead atoms. The number of hydrogen-bond donors (Lipinski definition) is 0. The Balaban J connectivity index is 0.00000608. The molecule has 0 aliphatic heterocycles. The average Bonchev–Trinajstić information content (AvgIpc) is 4.11. The van der Waals surface area contributed by atoms with Crippen LogP contribution in [0.3, 0.4) is 0 Å². The molecule has 0 saturated heterocycles. The first kappa shape index (κ1) is 47.9. The first-order chi connectivity index (χ1) is 33.7. The minimum atomic E-state index is 0. The van der Waals surface area contributed by atoms with E-state index in [1.54, 1.807) is 0 Å². The molecule has 3 heterocycles. The number of para-hydroxylation sites is 3. The molecule has 0 fully saturated rings. The fourth-order valence-corrected chi connectivity index (χ4v) is 9.97. The molecule has 7 heteroatoms. The molecule has 0 atom stereocenters. The van der Waals surface area contributed by atoms with E-state index in [4.69, 9.17) is 15.0 Å². The van der Waals surface area contributed by atoms with Crippen LogP contribution in [0.15, 0.2) is 164 Å². The number of aromatic nitrogens is 6. The largest absolute Gasteiger partial charge is 3.00 e. The van der Waals surface area contributed by atoms with Gasteiger partial charge in [0.1, 0.15) is 0 Å². The summed E-state index contributed by atoms with van der Waals surface area (Å²) < 4.78 is 6.81. The van der Waals surface area contributed by atoms with E-state index < -0.39 is 0 Å². The molecule has 70 heavy (non-hydrogen) atoms. The summed E-state index contributed by atoms with van der Waals surface area (Å²) in [5.74, 6) is 2.74. The molecule has 7 aromatic carbocycles. The first-order valence-electron chi connectivity index (χ1n) is 24.1. The van der Waals surface area contributed by atoms with Crippen molar-refractivity contribution in [3.05, 3.63) is 250 Å². The minimum Gasteiger partial charge on any atom is -0.339 e. The monoisotopic (exact) mass is 1090 g/mol. The molecule has 0 aliphatic rings. The normalized spacial score (nSPS) is 11.2. The van der Waals surface area contributed by atoms with E-state index in [1.807, 2.05) is 36.4 Å². The van der Waals surface area contributed by atoms with Gasteiger partial charge in [-0.15, -0.1) is 108 Å². The molecule has 10 aromatic rings. The smallest absolute Gasteiger partial charge is 0.339 e. The molecule has 10 rings (SSSR count). The predicted octanol–water partition coefficient (Wildman–Crippen LogP) is 13.8. The van der Waals surface area contributed by atoms with Crippen molar-refractivity contribution in [1.29, 1.82) is 0 Å². The zero-order valence-corrected chi connectivity index (χ0v) is 43.2. The van der Waals surface area contributed by atoms with E-state index in [9.17, 15) is 0 Å². The van der Waals surface area contributed by atoms with Crippen molar-refractivity contribution in [2.24, 2.45) is 0 Å². The van der Waals surface area contributed by atoms with Gasteiger partial charge in [-0.05, 0) is 130 Å². The third-order valence-electron chi connectivity index (χ3n) is 13.3. The topological polar surface area (TPSA) is 53.5 Å². The number of benzene rings is 7. The quantitative estimate of drug-likeness (QED) is 0.0962. The Morgan fingerprint density at radius 1 is 0.343 bits per heavy atom. The molecule has 0 saturated carbocycles. The van der Waals surface area contributed by atoms with E-state index in [-0.39, 0.29) is 20.1 Å². The van der Waals surface area contributed by atoms with Crippen molar-refractivity contribution < 1.29 is 20.1 Å². The number of nitrogens with zero attached hydrogens (tertiary/aromatic N) is 6.